The summed E-state index contributed by atoms with van der Waals surface area (Å²) >= 11 is 0. The standard InChI is InChI=1S/C15H24N2O2/c1-11(16)5-10-14(18)17-12-6-8-13(9-7-12)19-15(2,3)4/h6-9,11H,5,10,16H2,1-4H3,(H,17,18). The van der Waals surface area contributed by atoms with E-state index in [4.69, 9.17) is 10.5 Å². The molecule has 1 aromatic rings. The predicted octanol–water partition coefficient (Wildman–Crippen LogP) is 2.93. The second kappa shape index (κ2) is 6.57. The molecule has 19 heavy (non-hydrogen) atoms. The van der Waals surface area contributed by atoms with Crippen molar-refractivity contribution < 1.29 is 9.53 Å². The van der Waals surface area contributed by atoms with E-state index in [2.05, 4.69) is 5.32 Å². The van der Waals surface area contributed by atoms with Gasteiger partial charge in [-0.1, -0.05) is 0 Å². The number of nitrogens with two attached hydrogens (primary N) is 1. The lowest BCUT2D eigenvalue weighted by Crippen LogP contribution is -2.23. The molecule has 0 bridgehead atoms. The van der Waals surface area contributed by atoms with Crippen molar-refractivity contribution in [2.75, 3.05) is 5.32 Å². The van der Waals surface area contributed by atoms with Crippen molar-refractivity contribution >= 4 is 11.6 Å². The highest BCUT2D eigenvalue weighted by atomic mass is 16.5. The van der Waals surface area contributed by atoms with E-state index >= 15 is 0 Å². The largest absolute Gasteiger partial charge is 0.488 e. The molecule has 0 heterocycles. The quantitative estimate of drug-likeness (QED) is 0.859. The fraction of sp³-hybridized carbons (Fsp3) is 0.533. The minimum absolute atomic E-state index is 0.0122. The number of anilines is 1. The fourth-order valence-corrected chi connectivity index (χ4v) is 1.54. The zero-order valence-corrected chi connectivity index (χ0v) is 12.2. The van der Waals surface area contributed by atoms with Crippen molar-refractivity contribution in [3.8, 4) is 5.75 Å². The molecule has 1 rings (SSSR count). The van der Waals surface area contributed by atoms with Gasteiger partial charge < -0.3 is 15.8 Å². The highest BCUT2D eigenvalue weighted by Gasteiger charge is 2.11. The average Bonchev–Trinajstić information content (AvgIpc) is 2.27. The summed E-state index contributed by atoms with van der Waals surface area (Å²) in [6.45, 7) is 7.88. The molecule has 3 N–H and O–H groups in total. The third-order valence-electron chi connectivity index (χ3n) is 2.39. The first-order valence-electron chi connectivity index (χ1n) is 6.61. The number of hydrogen-bond acceptors (Lipinski definition) is 3. The number of hydrogen-bond donors (Lipinski definition) is 2. The number of rotatable bonds is 5. The summed E-state index contributed by atoms with van der Waals surface area (Å²) in [5.74, 6) is 0.780. The molecule has 1 amide bonds. The normalized spacial score (nSPS) is 12.9. The Kier molecular flexibility index (Phi) is 5.36. The minimum atomic E-state index is -0.220. The van der Waals surface area contributed by atoms with Gasteiger partial charge in [0.25, 0.3) is 0 Å². The van der Waals surface area contributed by atoms with Crippen molar-refractivity contribution in [1.29, 1.82) is 0 Å². The predicted molar refractivity (Wildman–Crippen MR) is 78.3 cm³/mol. The third kappa shape index (κ3) is 6.82. The van der Waals surface area contributed by atoms with Crippen LogP contribution in [0.15, 0.2) is 24.3 Å². The van der Waals surface area contributed by atoms with Crippen LogP contribution in [0.25, 0.3) is 0 Å². The van der Waals surface area contributed by atoms with E-state index in [1.807, 2.05) is 52.0 Å². The van der Waals surface area contributed by atoms with E-state index in [0.29, 0.717) is 12.8 Å². The van der Waals surface area contributed by atoms with Gasteiger partial charge in [0.05, 0.1) is 0 Å². The highest BCUT2D eigenvalue weighted by molar-refractivity contribution is 5.90. The lowest BCUT2D eigenvalue weighted by molar-refractivity contribution is -0.116. The molecule has 0 aliphatic heterocycles. The summed E-state index contributed by atoms with van der Waals surface area (Å²) in [5.41, 5.74) is 6.17. The summed E-state index contributed by atoms with van der Waals surface area (Å²) in [4.78, 5) is 11.6. The lowest BCUT2D eigenvalue weighted by Gasteiger charge is -2.21. The summed E-state index contributed by atoms with van der Waals surface area (Å²) < 4.78 is 5.71. The van der Waals surface area contributed by atoms with E-state index in [0.717, 1.165) is 11.4 Å². The SMILES string of the molecule is CC(N)CCC(=O)Nc1ccc(OC(C)(C)C)cc1. The van der Waals surface area contributed by atoms with E-state index in [1.54, 1.807) is 0 Å². The van der Waals surface area contributed by atoms with Crippen LogP contribution in [0.1, 0.15) is 40.5 Å². The molecule has 1 unspecified atom stereocenters. The van der Waals surface area contributed by atoms with Crippen LogP contribution in [0.2, 0.25) is 0 Å². The number of benzene rings is 1. The second-order valence-electron chi connectivity index (χ2n) is 5.80. The maximum absolute atomic E-state index is 11.6. The number of ether oxygens (including phenoxy) is 1. The van der Waals surface area contributed by atoms with Crippen LogP contribution >= 0.6 is 0 Å². The van der Waals surface area contributed by atoms with Crippen molar-refractivity contribution in [3.63, 3.8) is 0 Å². The number of nitrogens with one attached hydrogen (secondary N) is 1. The molecule has 1 atom stereocenters. The monoisotopic (exact) mass is 264 g/mol. The van der Waals surface area contributed by atoms with Gasteiger partial charge in [-0.25, -0.2) is 0 Å². The van der Waals surface area contributed by atoms with Crippen LogP contribution in [-0.2, 0) is 4.79 Å². The van der Waals surface area contributed by atoms with Gasteiger partial charge in [-0.05, 0) is 58.4 Å². The summed E-state index contributed by atoms with van der Waals surface area (Å²) in [7, 11) is 0. The lowest BCUT2D eigenvalue weighted by atomic mass is 10.2. The molecule has 0 aliphatic carbocycles. The van der Waals surface area contributed by atoms with E-state index < -0.39 is 0 Å². The van der Waals surface area contributed by atoms with Crippen molar-refractivity contribution in [2.24, 2.45) is 5.73 Å². The Hall–Kier alpha value is -1.55. The molecule has 0 fully saturated rings. The van der Waals surface area contributed by atoms with Crippen LogP contribution in [0.3, 0.4) is 0 Å². The summed E-state index contributed by atoms with van der Waals surface area (Å²) in [5, 5.41) is 2.84. The maximum atomic E-state index is 11.6. The van der Waals surface area contributed by atoms with Crippen molar-refractivity contribution in [1.82, 2.24) is 0 Å². The van der Waals surface area contributed by atoms with Crippen molar-refractivity contribution in [2.45, 2.75) is 52.2 Å². The van der Waals surface area contributed by atoms with Gasteiger partial charge >= 0.3 is 0 Å². The van der Waals surface area contributed by atoms with Crippen LogP contribution < -0.4 is 15.8 Å². The Labute approximate surface area is 115 Å². The molecule has 0 aliphatic rings. The van der Waals surface area contributed by atoms with Crippen LogP contribution in [-0.4, -0.2) is 17.6 Å². The van der Waals surface area contributed by atoms with Gasteiger partial charge in [-0.3, -0.25) is 4.79 Å². The summed E-state index contributed by atoms with van der Waals surface area (Å²) in [6.07, 6.45) is 1.13. The molecule has 1 aromatic carbocycles. The Morgan fingerprint density at radius 2 is 1.89 bits per heavy atom. The fourth-order valence-electron chi connectivity index (χ4n) is 1.54. The van der Waals surface area contributed by atoms with Crippen LogP contribution in [0.5, 0.6) is 5.75 Å². The second-order valence-corrected chi connectivity index (χ2v) is 5.80. The van der Waals surface area contributed by atoms with E-state index in [1.165, 1.54) is 0 Å². The summed E-state index contributed by atoms with van der Waals surface area (Å²) in [6, 6.07) is 7.43. The van der Waals surface area contributed by atoms with Gasteiger partial charge in [-0.2, -0.15) is 0 Å². The van der Waals surface area contributed by atoms with Gasteiger partial charge in [0.15, 0.2) is 0 Å². The average molecular weight is 264 g/mol. The first kappa shape index (κ1) is 15.5. The van der Waals surface area contributed by atoms with E-state index in [9.17, 15) is 4.79 Å². The van der Waals surface area contributed by atoms with Crippen molar-refractivity contribution in [3.05, 3.63) is 24.3 Å². The zero-order chi connectivity index (χ0) is 14.5. The molecule has 106 valence electrons. The Morgan fingerprint density at radius 3 is 2.37 bits per heavy atom. The molecule has 0 aromatic heterocycles. The number of carbonyl (C=O) groups is 1. The van der Waals surface area contributed by atoms with Gasteiger partial charge in [0, 0.05) is 18.2 Å². The topological polar surface area (TPSA) is 64.4 Å². The molecule has 4 heteroatoms. The Bertz CT molecular complexity index is 405. The van der Waals surface area contributed by atoms with Gasteiger partial charge in [-0.15, -0.1) is 0 Å². The smallest absolute Gasteiger partial charge is 0.224 e. The molecule has 0 saturated carbocycles. The number of carbonyl (C=O) groups excluding carboxylic acids is 1. The van der Waals surface area contributed by atoms with Crippen LogP contribution in [0.4, 0.5) is 5.69 Å². The maximum Gasteiger partial charge on any atom is 0.224 e. The van der Waals surface area contributed by atoms with Gasteiger partial charge in [0.2, 0.25) is 5.91 Å². The molecular formula is C15H24N2O2. The molecule has 0 radical (unpaired) electrons. The molecule has 0 spiro atoms. The molecule has 0 saturated heterocycles. The van der Waals surface area contributed by atoms with E-state index in [-0.39, 0.29) is 17.6 Å². The number of amides is 1. The third-order valence-corrected chi connectivity index (χ3v) is 2.39. The first-order valence-corrected chi connectivity index (χ1v) is 6.61. The first-order chi connectivity index (χ1) is 8.76. The molecule has 4 nitrogen and oxygen atoms in total. The molecular weight excluding hydrogens is 240 g/mol. The zero-order valence-electron chi connectivity index (χ0n) is 12.2. The Balaban J connectivity index is 2.50. The minimum Gasteiger partial charge on any atom is -0.488 e. The van der Waals surface area contributed by atoms with Crippen LogP contribution in [0, 0.1) is 0 Å². The Morgan fingerprint density at radius 1 is 1.32 bits per heavy atom. The highest BCUT2D eigenvalue weighted by Crippen LogP contribution is 2.20. The van der Waals surface area contributed by atoms with Gasteiger partial charge in [0.1, 0.15) is 11.4 Å².